The third-order valence-electron chi connectivity index (χ3n) is 6.38. The molecule has 1 saturated heterocycles. The number of benzene rings is 1. The van der Waals surface area contributed by atoms with Crippen LogP contribution in [0.25, 0.3) is 0 Å². The molecule has 1 fully saturated rings. The van der Waals surface area contributed by atoms with Crippen LogP contribution in [0.4, 0.5) is 5.69 Å². The summed E-state index contributed by atoms with van der Waals surface area (Å²) >= 11 is 0. The molecule has 26 heavy (non-hydrogen) atoms. The summed E-state index contributed by atoms with van der Waals surface area (Å²) in [5, 5.41) is 33.8. The quantitative estimate of drug-likeness (QED) is 0.661. The molecule has 7 heteroatoms. The van der Waals surface area contributed by atoms with Gasteiger partial charge in [0.05, 0.1) is 18.7 Å². The molecule has 0 bridgehead atoms. The second-order valence-corrected chi connectivity index (χ2v) is 7.50. The van der Waals surface area contributed by atoms with Crippen LogP contribution in [0.2, 0.25) is 0 Å². The molecule has 2 heterocycles. The van der Waals surface area contributed by atoms with Crippen LogP contribution in [0.15, 0.2) is 30.0 Å². The Hall–Kier alpha value is -1.93. The van der Waals surface area contributed by atoms with Gasteiger partial charge in [0.1, 0.15) is 30.2 Å². The van der Waals surface area contributed by atoms with E-state index in [2.05, 4.69) is 0 Å². The van der Waals surface area contributed by atoms with Gasteiger partial charge in [-0.1, -0.05) is 12.1 Å². The molecule has 0 radical (unpaired) electrons. The van der Waals surface area contributed by atoms with Crippen LogP contribution in [0, 0.1) is 5.92 Å². The number of nitrogens with zero attached hydrogens (tertiary/aromatic N) is 1. The first-order chi connectivity index (χ1) is 12.4. The average Bonchev–Trinajstić information content (AvgIpc) is 2.96. The predicted octanol–water partition coefficient (Wildman–Crippen LogP) is 0.165. The van der Waals surface area contributed by atoms with E-state index in [0.29, 0.717) is 17.7 Å². The maximum absolute atomic E-state index is 12.7. The van der Waals surface area contributed by atoms with Crippen molar-refractivity contribution in [1.82, 2.24) is 0 Å². The lowest BCUT2D eigenvalue weighted by atomic mass is 9.60. The lowest BCUT2D eigenvalue weighted by Crippen LogP contribution is -2.72. The van der Waals surface area contributed by atoms with Crippen molar-refractivity contribution in [3.8, 4) is 0 Å². The van der Waals surface area contributed by atoms with Crippen LogP contribution >= 0.6 is 0 Å². The zero-order valence-electron chi connectivity index (χ0n) is 14.4. The highest BCUT2D eigenvalue weighted by Crippen LogP contribution is 2.60. The summed E-state index contributed by atoms with van der Waals surface area (Å²) in [4.78, 5) is 14.2. The van der Waals surface area contributed by atoms with Crippen LogP contribution in [0.5, 0.6) is 0 Å². The minimum absolute atomic E-state index is 0.177. The highest BCUT2D eigenvalue weighted by Gasteiger charge is 2.71. The lowest BCUT2D eigenvalue weighted by molar-refractivity contribution is -0.221. The fourth-order valence-electron chi connectivity index (χ4n) is 5.48. The zero-order chi connectivity index (χ0) is 18.3. The van der Waals surface area contributed by atoms with Crippen molar-refractivity contribution in [3.63, 3.8) is 0 Å². The highest BCUT2D eigenvalue weighted by molar-refractivity contribution is 5.99. The van der Waals surface area contributed by atoms with Crippen molar-refractivity contribution in [2.45, 2.75) is 42.8 Å². The van der Waals surface area contributed by atoms with Crippen molar-refractivity contribution in [1.29, 1.82) is 0 Å². The fourth-order valence-corrected chi connectivity index (χ4v) is 5.48. The summed E-state index contributed by atoms with van der Waals surface area (Å²) in [6, 6.07) is 5.56. The number of aliphatic hydroxyl groups excluding tert-OH is 2. The van der Waals surface area contributed by atoms with Gasteiger partial charge in [-0.3, -0.25) is 9.69 Å². The molecule has 4 aliphatic rings. The number of fused-ring (bicyclic) bond motifs is 2. The molecule has 138 valence electrons. The molecule has 2 aliphatic heterocycles. The second-order valence-electron chi connectivity index (χ2n) is 7.50. The summed E-state index contributed by atoms with van der Waals surface area (Å²) in [7, 11) is 1.41. The SMILES string of the molecule is COC1=CC(O)C23OCC(=O)N2c2cccc4c2C(O)(CCC4)C3C1O. The van der Waals surface area contributed by atoms with E-state index < -0.39 is 29.5 Å². The van der Waals surface area contributed by atoms with Crippen LogP contribution < -0.4 is 4.90 Å². The number of carbonyl (C=O) groups is 1. The Kier molecular flexibility index (Phi) is 3.17. The summed E-state index contributed by atoms with van der Waals surface area (Å²) in [6.07, 6.45) is 0.868. The van der Waals surface area contributed by atoms with Gasteiger partial charge in [0, 0.05) is 5.56 Å². The molecule has 2 aliphatic carbocycles. The van der Waals surface area contributed by atoms with E-state index in [9.17, 15) is 20.1 Å². The average molecular weight is 359 g/mol. The van der Waals surface area contributed by atoms with Crippen LogP contribution in [-0.4, -0.2) is 52.9 Å². The largest absolute Gasteiger partial charge is 0.499 e. The molecule has 1 aromatic rings. The smallest absolute Gasteiger partial charge is 0.255 e. The molecule has 1 aromatic carbocycles. The van der Waals surface area contributed by atoms with Gasteiger partial charge >= 0.3 is 0 Å². The zero-order valence-corrected chi connectivity index (χ0v) is 14.4. The van der Waals surface area contributed by atoms with Gasteiger partial charge in [0.25, 0.3) is 5.91 Å². The molecular formula is C19H21NO6. The number of rotatable bonds is 1. The minimum atomic E-state index is -1.55. The van der Waals surface area contributed by atoms with Crippen LogP contribution in [0.1, 0.15) is 24.0 Å². The van der Waals surface area contributed by atoms with E-state index in [4.69, 9.17) is 9.47 Å². The van der Waals surface area contributed by atoms with Crippen molar-refractivity contribution in [2.24, 2.45) is 5.92 Å². The minimum Gasteiger partial charge on any atom is -0.499 e. The maximum atomic E-state index is 12.7. The van der Waals surface area contributed by atoms with Crippen molar-refractivity contribution in [3.05, 3.63) is 41.2 Å². The Morgan fingerprint density at radius 2 is 2.15 bits per heavy atom. The van der Waals surface area contributed by atoms with Gasteiger partial charge in [-0.05, 0) is 37.0 Å². The number of ether oxygens (including phenoxy) is 2. The van der Waals surface area contributed by atoms with Crippen LogP contribution in [-0.2, 0) is 26.3 Å². The topological polar surface area (TPSA) is 99.5 Å². The number of aryl methyl sites for hydroxylation is 1. The number of aliphatic hydroxyl groups is 3. The standard InChI is InChI=1S/C19H21NO6/c1-25-12-8-13(21)19-17(16(12)23)18(24)7-3-5-10-4-2-6-11(15(10)18)20(19)14(22)9-26-19/h2,4,6,8,13,16-17,21,23-24H,3,5,7,9H2,1H3. The monoisotopic (exact) mass is 359 g/mol. The maximum Gasteiger partial charge on any atom is 0.255 e. The Morgan fingerprint density at radius 3 is 2.92 bits per heavy atom. The summed E-state index contributed by atoms with van der Waals surface area (Å²) in [6.45, 7) is -0.212. The number of methoxy groups -OCH3 is 1. The summed E-state index contributed by atoms with van der Waals surface area (Å²) in [5.74, 6) is -1.07. The first kappa shape index (κ1) is 16.3. The molecule has 1 amide bonds. The molecule has 1 spiro atoms. The molecule has 5 atom stereocenters. The number of carbonyl (C=O) groups excluding carboxylic acids is 1. The first-order valence-corrected chi connectivity index (χ1v) is 8.88. The number of hydrogen-bond acceptors (Lipinski definition) is 6. The molecule has 0 saturated carbocycles. The van der Waals surface area contributed by atoms with E-state index in [1.54, 1.807) is 6.07 Å². The Labute approximate surface area is 150 Å². The third kappa shape index (κ3) is 1.65. The third-order valence-corrected chi connectivity index (χ3v) is 6.38. The van der Waals surface area contributed by atoms with Gasteiger partial charge in [0.2, 0.25) is 0 Å². The first-order valence-electron chi connectivity index (χ1n) is 8.88. The lowest BCUT2D eigenvalue weighted by Gasteiger charge is -2.59. The van der Waals surface area contributed by atoms with E-state index in [1.165, 1.54) is 18.1 Å². The molecule has 5 unspecified atom stereocenters. The van der Waals surface area contributed by atoms with Gasteiger partial charge in [0.15, 0.2) is 5.72 Å². The van der Waals surface area contributed by atoms with Crippen LogP contribution in [0.3, 0.4) is 0 Å². The molecule has 0 aromatic heterocycles. The molecule has 5 rings (SSSR count). The highest BCUT2D eigenvalue weighted by atomic mass is 16.6. The number of amides is 1. The molecule has 3 N–H and O–H groups in total. The van der Waals surface area contributed by atoms with Crippen molar-refractivity contribution >= 4 is 11.6 Å². The van der Waals surface area contributed by atoms with E-state index in [-0.39, 0.29) is 18.3 Å². The Balaban J connectivity index is 1.86. The second kappa shape index (κ2) is 5.07. The summed E-state index contributed by atoms with van der Waals surface area (Å²) < 4.78 is 11.1. The van der Waals surface area contributed by atoms with E-state index in [0.717, 1.165) is 18.4 Å². The fraction of sp³-hybridized carbons (Fsp3) is 0.526. The summed E-state index contributed by atoms with van der Waals surface area (Å²) in [5.41, 5.74) is -0.793. The van der Waals surface area contributed by atoms with Gasteiger partial charge in [-0.25, -0.2) is 0 Å². The predicted molar refractivity (Wildman–Crippen MR) is 90.0 cm³/mol. The van der Waals surface area contributed by atoms with Gasteiger partial charge in [-0.15, -0.1) is 0 Å². The van der Waals surface area contributed by atoms with E-state index in [1.807, 2.05) is 12.1 Å². The normalized spacial score (nSPS) is 40.5. The van der Waals surface area contributed by atoms with Crippen molar-refractivity contribution < 1.29 is 29.6 Å². The number of hydrogen-bond donors (Lipinski definition) is 3. The van der Waals surface area contributed by atoms with Gasteiger partial charge in [-0.2, -0.15) is 0 Å². The van der Waals surface area contributed by atoms with Crippen molar-refractivity contribution in [2.75, 3.05) is 18.6 Å². The Bertz CT molecular complexity index is 837. The molecular weight excluding hydrogens is 338 g/mol. The Morgan fingerprint density at radius 1 is 1.35 bits per heavy atom. The van der Waals surface area contributed by atoms with E-state index >= 15 is 0 Å². The van der Waals surface area contributed by atoms with Gasteiger partial charge < -0.3 is 24.8 Å². The molecule has 7 nitrogen and oxygen atoms in total. The number of anilines is 1.